The van der Waals surface area contributed by atoms with Gasteiger partial charge in [0.1, 0.15) is 6.07 Å². The second-order valence-electron chi connectivity index (χ2n) is 4.80. The van der Waals surface area contributed by atoms with Crippen LogP contribution in [-0.2, 0) is 0 Å². The second kappa shape index (κ2) is 4.79. The summed E-state index contributed by atoms with van der Waals surface area (Å²) in [6.45, 7) is 0. The fourth-order valence-electron chi connectivity index (χ4n) is 2.57. The molecule has 1 aliphatic heterocycles. The van der Waals surface area contributed by atoms with Crippen LogP contribution >= 0.6 is 15.9 Å². The molecule has 1 unspecified atom stereocenters. The Balaban J connectivity index is 2.23. The number of fused-ring (bicyclic) bond motifs is 3. The smallest absolute Gasteiger partial charge is 0.285 e. The van der Waals surface area contributed by atoms with Gasteiger partial charge in [-0.3, -0.25) is 5.21 Å². The van der Waals surface area contributed by atoms with Crippen LogP contribution in [-0.4, -0.2) is 16.2 Å². The van der Waals surface area contributed by atoms with Gasteiger partial charge in [0.15, 0.2) is 0 Å². The van der Waals surface area contributed by atoms with E-state index in [1.54, 1.807) is 24.3 Å². The first-order valence-corrected chi connectivity index (χ1v) is 6.90. The highest BCUT2D eigenvalue weighted by Crippen LogP contribution is 2.45. The first-order chi connectivity index (χ1) is 9.92. The molecule has 0 radical (unpaired) electrons. The minimum absolute atomic E-state index is 0.300. The third kappa shape index (κ3) is 2.28. The highest BCUT2D eigenvalue weighted by atomic mass is 79.9. The molecule has 0 aromatic rings. The molecule has 0 saturated heterocycles. The van der Waals surface area contributed by atoms with Gasteiger partial charge in [-0.1, -0.05) is 28.1 Å². The number of hydroxylamine groups is 2. The van der Waals surface area contributed by atoms with E-state index in [0.717, 1.165) is 15.6 Å². The van der Waals surface area contributed by atoms with E-state index in [0.29, 0.717) is 16.7 Å². The van der Waals surface area contributed by atoms with E-state index in [4.69, 9.17) is 5.26 Å². The van der Waals surface area contributed by atoms with E-state index < -0.39 is 11.8 Å². The molecule has 0 aromatic heterocycles. The average Bonchev–Trinajstić information content (AvgIpc) is 2.46. The Morgan fingerprint density at radius 1 is 1.33 bits per heavy atom. The summed E-state index contributed by atoms with van der Waals surface area (Å²) in [5.74, 6) is -3.99. The SMILES string of the molecule is N#CC(F)(F)C1=C2C=CC(Br)=CC2C2=CN(O)C=CC2=C1. The molecule has 0 saturated carbocycles. The monoisotopic (exact) mass is 350 g/mol. The Hall–Kier alpha value is -1.97. The van der Waals surface area contributed by atoms with Crippen molar-refractivity contribution in [3.05, 3.63) is 69.6 Å². The van der Waals surface area contributed by atoms with Crippen molar-refractivity contribution in [1.29, 1.82) is 5.26 Å². The van der Waals surface area contributed by atoms with E-state index in [9.17, 15) is 14.0 Å². The summed E-state index contributed by atoms with van der Waals surface area (Å²) < 4.78 is 28.6. The summed E-state index contributed by atoms with van der Waals surface area (Å²) in [7, 11) is 0. The number of halogens is 3. The summed E-state index contributed by atoms with van der Waals surface area (Å²) in [6, 6.07) is 1.05. The van der Waals surface area contributed by atoms with Crippen molar-refractivity contribution in [2.75, 3.05) is 0 Å². The molecule has 3 aliphatic rings. The number of hydrogen-bond donors (Lipinski definition) is 1. The Morgan fingerprint density at radius 2 is 2.10 bits per heavy atom. The van der Waals surface area contributed by atoms with Crippen LogP contribution in [0.1, 0.15) is 0 Å². The van der Waals surface area contributed by atoms with Crippen LogP contribution in [0.25, 0.3) is 0 Å². The average molecular weight is 351 g/mol. The van der Waals surface area contributed by atoms with E-state index >= 15 is 0 Å². The number of alkyl halides is 2. The van der Waals surface area contributed by atoms with Crippen LogP contribution < -0.4 is 0 Å². The predicted molar refractivity (Wildman–Crippen MR) is 76.2 cm³/mol. The van der Waals surface area contributed by atoms with Crippen LogP contribution in [0.15, 0.2) is 69.6 Å². The van der Waals surface area contributed by atoms with Crippen molar-refractivity contribution < 1.29 is 14.0 Å². The van der Waals surface area contributed by atoms with Gasteiger partial charge in [0.25, 0.3) is 0 Å². The van der Waals surface area contributed by atoms with Crippen LogP contribution in [0, 0.1) is 17.2 Å². The third-order valence-electron chi connectivity index (χ3n) is 3.52. The lowest BCUT2D eigenvalue weighted by Crippen LogP contribution is -2.26. The molecule has 0 aromatic carbocycles. The number of nitrogens with zero attached hydrogens (tertiary/aromatic N) is 2. The predicted octanol–water partition coefficient (Wildman–Crippen LogP) is 3.95. The Morgan fingerprint density at radius 3 is 2.81 bits per heavy atom. The molecule has 0 fully saturated rings. The Kier molecular flexibility index (Phi) is 3.19. The van der Waals surface area contributed by atoms with E-state index in [1.165, 1.54) is 18.5 Å². The minimum atomic E-state index is -3.56. The Bertz CT molecular complexity index is 735. The first-order valence-electron chi connectivity index (χ1n) is 6.11. The summed E-state index contributed by atoms with van der Waals surface area (Å²) in [6.07, 6.45) is 10.7. The molecule has 0 amide bonds. The molecule has 1 atom stereocenters. The van der Waals surface area contributed by atoms with Gasteiger partial charge in [0.2, 0.25) is 0 Å². The van der Waals surface area contributed by atoms with Crippen molar-refractivity contribution in [2.45, 2.75) is 5.92 Å². The summed E-state index contributed by atoms with van der Waals surface area (Å²) in [5.41, 5.74) is 1.33. The molecule has 0 spiro atoms. The minimum Gasteiger partial charge on any atom is -0.285 e. The molecule has 3 rings (SSSR count). The van der Waals surface area contributed by atoms with E-state index in [2.05, 4.69) is 15.9 Å². The van der Waals surface area contributed by atoms with Crippen molar-refractivity contribution in [2.24, 2.45) is 5.92 Å². The van der Waals surface area contributed by atoms with Gasteiger partial charge in [-0.25, -0.2) is 5.06 Å². The molecule has 0 bridgehead atoms. The highest BCUT2D eigenvalue weighted by Gasteiger charge is 2.40. The lowest BCUT2D eigenvalue weighted by molar-refractivity contribution is 0.00909. The van der Waals surface area contributed by atoms with Crippen LogP contribution in [0.2, 0.25) is 0 Å². The molecule has 1 heterocycles. The highest BCUT2D eigenvalue weighted by molar-refractivity contribution is 9.11. The number of rotatable bonds is 1. The zero-order valence-corrected chi connectivity index (χ0v) is 12.2. The third-order valence-corrected chi connectivity index (χ3v) is 4.05. The molecule has 2 aliphatic carbocycles. The van der Waals surface area contributed by atoms with Crippen molar-refractivity contribution >= 4 is 15.9 Å². The molecule has 3 nitrogen and oxygen atoms in total. The van der Waals surface area contributed by atoms with E-state index in [-0.39, 0.29) is 5.57 Å². The quantitative estimate of drug-likeness (QED) is 0.778. The normalized spacial score (nSPS) is 23.9. The summed E-state index contributed by atoms with van der Waals surface area (Å²) in [5, 5.41) is 19.2. The molecular weight excluding hydrogens is 342 g/mol. The van der Waals surface area contributed by atoms with Crippen molar-refractivity contribution in [3.8, 4) is 6.07 Å². The van der Waals surface area contributed by atoms with Crippen molar-refractivity contribution in [3.63, 3.8) is 0 Å². The maximum absolute atomic E-state index is 13.9. The van der Waals surface area contributed by atoms with Crippen LogP contribution in [0.3, 0.4) is 0 Å². The first kappa shape index (κ1) is 14.0. The molecule has 6 heteroatoms. The van der Waals surface area contributed by atoms with Crippen LogP contribution in [0.4, 0.5) is 8.78 Å². The van der Waals surface area contributed by atoms with Crippen molar-refractivity contribution in [1.82, 2.24) is 5.06 Å². The van der Waals surface area contributed by atoms with Gasteiger partial charge in [0, 0.05) is 28.4 Å². The zero-order chi connectivity index (χ0) is 15.2. The largest absolute Gasteiger partial charge is 0.357 e. The van der Waals surface area contributed by atoms with Gasteiger partial charge in [0.05, 0.1) is 0 Å². The topological polar surface area (TPSA) is 47.3 Å². The van der Waals surface area contributed by atoms with Gasteiger partial charge in [-0.15, -0.1) is 0 Å². The van der Waals surface area contributed by atoms with E-state index in [1.807, 2.05) is 0 Å². The summed E-state index contributed by atoms with van der Waals surface area (Å²) >= 11 is 3.33. The molecule has 1 N–H and O–H groups in total. The molecule has 21 heavy (non-hydrogen) atoms. The second-order valence-corrected chi connectivity index (χ2v) is 5.71. The summed E-state index contributed by atoms with van der Waals surface area (Å²) in [4.78, 5) is 0. The standard InChI is InChI=1S/C15H9BrF2N2O/c16-10-1-2-11-12(6-10)13-7-20(21)4-3-9(13)5-14(11)15(17,18)8-19/h1-7,12,21H. The maximum Gasteiger partial charge on any atom is 0.357 e. The van der Waals surface area contributed by atoms with Crippen LogP contribution in [0.5, 0.6) is 0 Å². The lowest BCUT2D eigenvalue weighted by Gasteiger charge is -2.32. The lowest BCUT2D eigenvalue weighted by atomic mass is 9.75. The maximum atomic E-state index is 13.9. The zero-order valence-electron chi connectivity index (χ0n) is 10.6. The molecule has 106 valence electrons. The fraction of sp³-hybridized carbons (Fsp3) is 0.133. The fourth-order valence-corrected chi connectivity index (χ4v) is 2.96. The molecular formula is C15H9BrF2N2O. The van der Waals surface area contributed by atoms with Gasteiger partial charge in [-0.05, 0) is 34.9 Å². The van der Waals surface area contributed by atoms with Gasteiger partial charge in [-0.2, -0.15) is 14.0 Å². The number of hydrogen-bond acceptors (Lipinski definition) is 3. The number of allylic oxidation sites excluding steroid dienone is 10. The Labute approximate surface area is 128 Å². The van der Waals surface area contributed by atoms with Gasteiger partial charge < -0.3 is 0 Å². The van der Waals surface area contributed by atoms with Gasteiger partial charge >= 0.3 is 5.92 Å². The number of nitriles is 1.